The molecule has 14 atom stereocenters. The van der Waals surface area contributed by atoms with Gasteiger partial charge in [0.1, 0.15) is 6.10 Å². The van der Waals surface area contributed by atoms with Crippen LogP contribution in [0.5, 0.6) is 0 Å². The first-order chi connectivity index (χ1) is 17.2. The molecule has 6 heteroatoms. The lowest BCUT2D eigenvalue weighted by molar-refractivity contribution is -0.297. The van der Waals surface area contributed by atoms with Crippen molar-refractivity contribution in [3.05, 3.63) is 0 Å². The first-order valence-corrected chi connectivity index (χ1v) is 15.0. The van der Waals surface area contributed by atoms with Crippen LogP contribution >= 0.6 is 0 Å². The van der Waals surface area contributed by atoms with Crippen LogP contribution in [0.3, 0.4) is 0 Å². The van der Waals surface area contributed by atoms with E-state index in [0.29, 0.717) is 53.3 Å². The van der Waals surface area contributed by atoms with E-state index >= 15 is 0 Å². The molecular formula is C30H52N2O4. The summed E-state index contributed by atoms with van der Waals surface area (Å²) in [7, 11) is 1.90. The quantitative estimate of drug-likeness (QED) is 0.489. The molecule has 5 rings (SSSR count). The molecule has 3 aliphatic heterocycles. The van der Waals surface area contributed by atoms with Crippen molar-refractivity contribution in [3.63, 3.8) is 0 Å². The van der Waals surface area contributed by atoms with Gasteiger partial charge in [-0.25, -0.2) is 0 Å². The van der Waals surface area contributed by atoms with Crippen molar-refractivity contribution in [2.45, 2.75) is 124 Å². The van der Waals surface area contributed by atoms with Gasteiger partial charge in [-0.2, -0.15) is 5.10 Å². The van der Waals surface area contributed by atoms with Crippen molar-refractivity contribution in [3.8, 4) is 0 Å². The Morgan fingerprint density at radius 1 is 0.889 bits per heavy atom. The highest BCUT2D eigenvalue weighted by Crippen LogP contribution is 2.53. The molecule has 5 fully saturated rings. The van der Waals surface area contributed by atoms with E-state index in [0.717, 1.165) is 12.1 Å². The van der Waals surface area contributed by atoms with E-state index < -0.39 is 0 Å². The summed E-state index contributed by atoms with van der Waals surface area (Å²) in [4.78, 5) is 0. The van der Waals surface area contributed by atoms with Crippen molar-refractivity contribution in [1.82, 2.24) is 5.43 Å². The minimum absolute atomic E-state index is 0.0441. The lowest BCUT2D eigenvalue weighted by Gasteiger charge is -2.55. The maximum atomic E-state index is 6.99. The molecule has 2 aliphatic carbocycles. The number of fused-ring (bicyclic) bond motifs is 6. The second-order valence-corrected chi connectivity index (χ2v) is 13.3. The highest BCUT2D eigenvalue weighted by Gasteiger charge is 2.54. The van der Waals surface area contributed by atoms with Crippen molar-refractivity contribution in [2.75, 3.05) is 7.05 Å². The number of hydrogen-bond donors (Lipinski definition) is 1. The maximum absolute atomic E-state index is 6.99. The van der Waals surface area contributed by atoms with Gasteiger partial charge >= 0.3 is 0 Å². The van der Waals surface area contributed by atoms with Crippen LogP contribution in [0.4, 0.5) is 0 Å². The maximum Gasteiger partial charge on any atom is 0.162 e. The van der Waals surface area contributed by atoms with Gasteiger partial charge in [0, 0.05) is 25.3 Å². The van der Waals surface area contributed by atoms with E-state index in [-0.39, 0.29) is 37.0 Å². The molecule has 0 aromatic rings. The van der Waals surface area contributed by atoms with Crippen molar-refractivity contribution < 1.29 is 18.9 Å². The Bertz CT molecular complexity index is 789. The zero-order valence-corrected chi connectivity index (χ0v) is 24.0. The molecule has 0 radical (unpaired) electrons. The van der Waals surface area contributed by atoms with Gasteiger partial charge in [0.25, 0.3) is 0 Å². The standard InChI is InChI=1S/C30H52N2O4/c1-15(2)33-29-27-17(4)12-21-13-23(27)18(5)25(35-29)14-24(32-31-8)28-19(6)22-11-9-10-16(3)26(22)30(36-28)34-20(21)7/h15-23,25-31H,9-14H2,1-8H3. The number of ether oxygens (including phenoxy) is 4. The summed E-state index contributed by atoms with van der Waals surface area (Å²) >= 11 is 0. The molecule has 6 nitrogen and oxygen atoms in total. The normalized spacial score (nSPS) is 52.4. The monoisotopic (exact) mass is 504 g/mol. The highest BCUT2D eigenvalue weighted by molar-refractivity contribution is 5.89. The average molecular weight is 505 g/mol. The Morgan fingerprint density at radius 3 is 2.39 bits per heavy atom. The molecule has 0 aromatic carbocycles. The predicted molar refractivity (Wildman–Crippen MR) is 142 cm³/mol. The van der Waals surface area contributed by atoms with E-state index in [2.05, 4.69) is 53.9 Å². The zero-order valence-electron chi connectivity index (χ0n) is 24.0. The predicted octanol–water partition coefficient (Wildman–Crippen LogP) is 5.85. The first-order valence-electron chi connectivity index (χ1n) is 15.0. The minimum atomic E-state index is -0.150. The van der Waals surface area contributed by atoms with E-state index in [1.54, 1.807) is 0 Å². The van der Waals surface area contributed by atoms with Crippen LogP contribution < -0.4 is 5.43 Å². The van der Waals surface area contributed by atoms with Gasteiger partial charge in [0.05, 0.1) is 24.0 Å². The Kier molecular flexibility index (Phi) is 8.09. The summed E-state index contributed by atoms with van der Waals surface area (Å²) in [6, 6.07) is 0. The lowest BCUT2D eigenvalue weighted by Crippen LogP contribution is -2.58. The number of nitrogens with one attached hydrogen (secondary N) is 1. The zero-order chi connectivity index (χ0) is 25.7. The van der Waals surface area contributed by atoms with Crippen molar-refractivity contribution in [2.24, 2.45) is 58.4 Å². The van der Waals surface area contributed by atoms with E-state index in [1.807, 2.05) is 7.05 Å². The summed E-state index contributed by atoms with van der Waals surface area (Å²) in [5, 5.41) is 4.85. The molecule has 0 amide bonds. The molecule has 2 saturated carbocycles. The highest BCUT2D eigenvalue weighted by atomic mass is 16.7. The second kappa shape index (κ2) is 10.8. The molecule has 5 bridgehead atoms. The van der Waals surface area contributed by atoms with Crippen LogP contribution in [0, 0.1) is 53.3 Å². The van der Waals surface area contributed by atoms with Crippen LogP contribution in [0.2, 0.25) is 0 Å². The fourth-order valence-corrected chi connectivity index (χ4v) is 8.92. The fraction of sp³-hybridized carbons (Fsp3) is 0.967. The molecule has 3 heterocycles. The SMILES string of the molecule is CNN=C1CC2OC(OC(C)C)C3C(C)CC(CC3C2C)C(C)OC2OC1C(C)C1CCCC(C)C21. The lowest BCUT2D eigenvalue weighted by atomic mass is 9.60. The molecular weight excluding hydrogens is 452 g/mol. The topological polar surface area (TPSA) is 61.3 Å². The molecule has 36 heavy (non-hydrogen) atoms. The van der Waals surface area contributed by atoms with Gasteiger partial charge in [0.2, 0.25) is 0 Å². The third-order valence-electron chi connectivity index (χ3n) is 10.8. The summed E-state index contributed by atoms with van der Waals surface area (Å²) < 4.78 is 27.3. The number of rotatable bonds is 3. The second-order valence-electron chi connectivity index (χ2n) is 13.3. The summed E-state index contributed by atoms with van der Waals surface area (Å²) in [5.41, 5.74) is 4.20. The Hall–Kier alpha value is -0.690. The van der Waals surface area contributed by atoms with Gasteiger partial charge in [-0.15, -0.1) is 0 Å². The smallest absolute Gasteiger partial charge is 0.162 e. The van der Waals surface area contributed by atoms with Gasteiger partial charge in [-0.3, -0.25) is 0 Å². The molecule has 3 saturated heterocycles. The minimum Gasteiger partial charge on any atom is -0.350 e. The summed E-state index contributed by atoms with van der Waals surface area (Å²) in [5.74, 6) is 4.67. The Labute approximate surface area is 219 Å². The molecule has 14 unspecified atom stereocenters. The Balaban J connectivity index is 1.54. The third-order valence-corrected chi connectivity index (χ3v) is 10.8. The average Bonchev–Trinajstić information content (AvgIpc) is 2.82. The van der Waals surface area contributed by atoms with Crippen LogP contribution in [-0.4, -0.2) is 49.8 Å². The van der Waals surface area contributed by atoms with Gasteiger partial charge in [0.15, 0.2) is 12.6 Å². The third kappa shape index (κ3) is 4.89. The van der Waals surface area contributed by atoms with Crippen molar-refractivity contribution >= 4 is 5.71 Å². The van der Waals surface area contributed by atoms with Gasteiger partial charge in [-0.05, 0) is 81.5 Å². The number of nitrogens with zero attached hydrogens (tertiary/aromatic N) is 1. The molecule has 0 aromatic heterocycles. The van der Waals surface area contributed by atoms with Crippen LogP contribution in [-0.2, 0) is 18.9 Å². The summed E-state index contributed by atoms with van der Waals surface area (Å²) in [6.45, 7) is 16.2. The van der Waals surface area contributed by atoms with Crippen LogP contribution in [0.25, 0.3) is 0 Å². The van der Waals surface area contributed by atoms with Crippen LogP contribution in [0.15, 0.2) is 5.10 Å². The van der Waals surface area contributed by atoms with Gasteiger partial charge < -0.3 is 24.4 Å². The number of hydrazone groups is 1. The number of hydrogen-bond acceptors (Lipinski definition) is 6. The molecule has 5 aliphatic rings. The van der Waals surface area contributed by atoms with E-state index in [9.17, 15) is 0 Å². The molecule has 0 spiro atoms. The molecule has 1 N–H and O–H groups in total. The largest absolute Gasteiger partial charge is 0.350 e. The fourth-order valence-electron chi connectivity index (χ4n) is 8.92. The van der Waals surface area contributed by atoms with Crippen molar-refractivity contribution in [1.29, 1.82) is 0 Å². The van der Waals surface area contributed by atoms with E-state index in [1.165, 1.54) is 32.1 Å². The Morgan fingerprint density at radius 2 is 1.67 bits per heavy atom. The van der Waals surface area contributed by atoms with E-state index in [4.69, 9.17) is 24.0 Å². The molecule has 206 valence electrons. The van der Waals surface area contributed by atoms with Crippen LogP contribution in [0.1, 0.15) is 87.0 Å². The first kappa shape index (κ1) is 26.9. The summed E-state index contributed by atoms with van der Waals surface area (Å²) in [6.07, 6.45) is 7.07. The van der Waals surface area contributed by atoms with Gasteiger partial charge in [-0.1, -0.05) is 40.5 Å².